The van der Waals surface area contributed by atoms with Crippen molar-refractivity contribution in [2.45, 2.75) is 38.4 Å². The minimum absolute atomic E-state index is 0.304. The summed E-state index contributed by atoms with van der Waals surface area (Å²) < 4.78 is 10.8. The summed E-state index contributed by atoms with van der Waals surface area (Å²) in [7, 11) is 0. The number of ether oxygens (including phenoxy) is 2. The lowest BCUT2D eigenvalue weighted by atomic mass is 10.2. The molecule has 0 bridgehead atoms. The lowest BCUT2D eigenvalue weighted by molar-refractivity contribution is -0.143. The first-order valence-corrected chi connectivity index (χ1v) is 6.08. The second kappa shape index (κ2) is 4.12. The molecule has 1 spiro atoms. The van der Waals surface area contributed by atoms with Crippen molar-refractivity contribution in [3.8, 4) is 0 Å². The molecule has 2 fully saturated rings. The summed E-state index contributed by atoms with van der Waals surface area (Å²) >= 11 is 0. The third-order valence-corrected chi connectivity index (χ3v) is 3.18. The van der Waals surface area contributed by atoms with E-state index in [1.807, 2.05) is 0 Å². The lowest BCUT2D eigenvalue weighted by Gasteiger charge is -2.34. The van der Waals surface area contributed by atoms with E-state index in [2.05, 4.69) is 0 Å². The molecule has 1 amide bonds. The average Bonchev–Trinajstić information content (AvgIpc) is 2.90. The van der Waals surface area contributed by atoms with Gasteiger partial charge in [0.25, 0.3) is 0 Å². The fourth-order valence-corrected chi connectivity index (χ4v) is 2.22. The number of carboxylic acid groups (broad SMARTS) is 1. The molecule has 0 aromatic carbocycles. The molecule has 1 aliphatic heterocycles. The number of aliphatic carboxylic acids is 1. The molecule has 0 aromatic rings. The number of carbonyl (C=O) groups excluding carboxylic acids is 1. The minimum atomic E-state index is -0.860. The highest BCUT2D eigenvalue weighted by Crippen LogP contribution is 2.49. The summed E-state index contributed by atoms with van der Waals surface area (Å²) in [6, 6.07) is 0. The zero-order valence-corrected chi connectivity index (χ0v) is 10.9. The van der Waals surface area contributed by atoms with Gasteiger partial charge in [-0.2, -0.15) is 0 Å². The number of carboxylic acids is 1. The Morgan fingerprint density at radius 1 is 1.44 bits per heavy atom. The molecule has 1 saturated carbocycles. The Hall–Kier alpha value is -1.30. The Balaban J connectivity index is 1.96. The van der Waals surface area contributed by atoms with Crippen LogP contribution in [0.3, 0.4) is 0 Å². The highest BCUT2D eigenvalue weighted by atomic mass is 16.6. The minimum Gasteiger partial charge on any atom is -0.481 e. The first-order valence-electron chi connectivity index (χ1n) is 6.08. The van der Waals surface area contributed by atoms with Gasteiger partial charge >= 0.3 is 12.1 Å². The molecule has 2 atom stereocenters. The van der Waals surface area contributed by atoms with Gasteiger partial charge in [-0.25, -0.2) is 4.79 Å². The molecule has 2 aliphatic rings. The van der Waals surface area contributed by atoms with Gasteiger partial charge in [0.05, 0.1) is 19.1 Å². The second-order valence-electron chi connectivity index (χ2n) is 5.91. The maximum absolute atomic E-state index is 11.9. The number of rotatable bonds is 1. The van der Waals surface area contributed by atoms with Gasteiger partial charge in [0.2, 0.25) is 0 Å². The first kappa shape index (κ1) is 13.1. The van der Waals surface area contributed by atoms with Crippen LogP contribution in [-0.4, -0.2) is 53.0 Å². The molecule has 2 rings (SSSR count). The van der Waals surface area contributed by atoms with Crippen LogP contribution in [0.25, 0.3) is 0 Å². The van der Waals surface area contributed by atoms with E-state index in [4.69, 9.17) is 14.6 Å². The van der Waals surface area contributed by atoms with E-state index in [1.54, 1.807) is 20.8 Å². The van der Waals surface area contributed by atoms with Crippen molar-refractivity contribution in [3.63, 3.8) is 0 Å². The third-order valence-electron chi connectivity index (χ3n) is 3.18. The molecule has 1 aliphatic carbocycles. The third kappa shape index (κ3) is 2.58. The summed E-state index contributed by atoms with van der Waals surface area (Å²) in [5.74, 6) is -1.36. The van der Waals surface area contributed by atoms with Crippen LogP contribution in [0.1, 0.15) is 27.2 Å². The van der Waals surface area contributed by atoms with Crippen LogP contribution in [0.2, 0.25) is 0 Å². The summed E-state index contributed by atoms with van der Waals surface area (Å²) in [6.45, 7) is 6.53. The predicted octanol–water partition coefficient (Wildman–Crippen LogP) is 1.10. The van der Waals surface area contributed by atoms with E-state index >= 15 is 0 Å². The van der Waals surface area contributed by atoms with Crippen LogP contribution in [0.15, 0.2) is 0 Å². The highest BCUT2D eigenvalue weighted by molar-refractivity contribution is 5.76. The van der Waals surface area contributed by atoms with Crippen molar-refractivity contribution in [2.24, 2.45) is 5.92 Å². The summed E-state index contributed by atoms with van der Waals surface area (Å²) in [6.07, 6.45) is 0.0722. The Morgan fingerprint density at radius 3 is 2.61 bits per heavy atom. The standard InChI is InChI=1S/C12H19NO5/c1-11(2,3)18-10(16)13-4-5-17-12(7-13)6-8(12)9(14)15/h8H,4-7H2,1-3H3,(H,14,15). The van der Waals surface area contributed by atoms with Crippen LogP contribution in [0.4, 0.5) is 4.79 Å². The van der Waals surface area contributed by atoms with Crippen molar-refractivity contribution in [3.05, 3.63) is 0 Å². The van der Waals surface area contributed by atoms with Gasteiger partial charge in [-0.1, -0.05) is 0 Å². The van der Waals surface area contributed by atoms with E-state index in [0.717, 1.165) is 0 Å². The van der Waals surface area contributed by atoms with Crippen molar-refractivity contribution >= 4 is 12.1 Å². The predicted molar refractivity (Wildman–Crippen MR) is 62.2 cm³/mol. The van der Waals surface area contributed by atoms with Crippen LogP contribution in [0.5, 0.6) is 0 Å². The van der Waals surface area contributed by atoms with Crippen molar-refractivity contribution in [1.29, 1.82) is 0 Å². The van der Waals surface area contributed by atoms with Crippen LogP contribution < -0.4 is 0 Å². The molecule has 1 saturated heterocycles. The topological polar surface area (TPSA) is 76.1 Å². The molecule has 0 aromatic heterocycles. The molecular weight excluding hydrogens is 238 g/mol. The Kier molecular flexibility index (Phi) is 3.01. The largest absolute Gasteiger partial charge is 0.481 e. The number of hydrogen-bond acceptors (Lipinski definition) is 4. The van der Waals surface area contributed by atoms with E-state index in [1.165, 1.54) is 4.90 Å². The smallest absolute Gasteiger partial charge is 0.410 e. The zero-order chi connectivity index (χ0) is 13.6. The summed E-state index contributed by atoms with van der Waals surface area (Å²) in [4.78, 5) is 24.4. The van der Waals surface area contributed by atoms with E-state index in [0.29, 0.717) is 26.1 Å². The van der Waals surface area contributed by atoms with Gasteiger partial charge in [-0.15, -0.1) is 0 Å². The zero-order valence-electron chi connectivity index (χ0n) is 10.9. The fourth-order valence-electron chi connectivity index (χ4n) is 2.22. The van der Waals surface area contributed by atoms with Crippen molar-refractivity contribution < 1.29 is 24.2 Å². The molecule has 1 heterocycles. The van der Waals surface area contributed by atoms with Crippen LogP contribution in [0, 0.1) is 5.92 Å². The quantitative estimate of drug-likeness (QED) is 0.761. The van der Waals surface area contributed by atoms with E-state index in [9.17, 15) is 9.59 Å². The molecule has 102 valence electrons. The van der Waals surface area contributed by atoms with Gasteiger partial charge in [0, 0.05) is 6.54 Å². The molecule has 18 heavy (non-hydrogen) atoms. The van der Waals surface area contributed by atoms with Crippen molar-refractivity contribution in [2.75, 3.05) is 19.7 Å². The van der Waals surface area contributed by atoms with Crippen molar-refractivity contribution in [1.82, 2.24) is 4.90 Å². The number of hydrogen-bond donors (Lipinski definition) is 1. The normalized spacial score (nSPS) is 31.3. The molecule has 0 radical (unpaired) electrons. The summed E-state index contributed by atoms with van der Waals surface area (Å²) in [5.41, 5.74) is -1.22. The molecular formula is C12H19NO5. The van der Waals surface area contributed by atoms with Gasteiger partial charge in [0.1, 0.15) is 11.2 Å². The molecule has 2 unspecified atom stereocenters. The first-order chi connectivity index (χ1) is 8.23. The number of carbonyl (C=O) groups is 2. The summed E-state index contributed by atoms with van der Waals surface area (Å²) in [5, 5.41) is 8.97. The maximum Gasteiger partial charge on any atom is 0.410 e. The Bertz CT molecular complexity index is 375. The number of morpholine rings is 1. The van der Waals surface area contributed by atoms with Gasteiger partial charge in [-0.05, 0) is 27.2 Å². The SMILES string of the molecule is CC(C)(C)OC(=O)N1CCOC2(CC2C(=O)O)C1. The average molecular weight is 257 g/mol. The monoisotopic (exact) mass is 257 g/mol. The number of amides is 1. The Labute approximate surface area is 106 Å². The van der Waals surface area contributed by atoms with E-state index in [-0.39, 0.29) is 0 Å². The highest BCUT2D eigenvalue weighted by Gasteiger charge is 2.62. The van der Waals surface area contributed by atoms with Gasteiger partial charge in [0.15, 0.2) is 0 Å². The maximum atomic E-state index is 11.9. The fraction of sp³-hybridized carbons (Fsp3) is 0.833. The van der Waals surface area contributed by atoms with Gasteiger partial charge < -0.3 is 19.5 Å². The molecule has 1 N–H and O–H groups in total. The number of nitrogens with zero attached hydrogens (tertiary/aromatic N) is 1. The lowest BCUT2D eigenvalue weighted by Crippen LogP contribution is -2.49. The second-order valence-corrected chi connectivity index (χ2v) is 5.91. The molecule has 6 heteroatoms. The molecule has 6 nitrogen and oxygen atoms in total. The van der Waals surface area contributed by atoms with Gasteiger partial charge in [-0.3, -0.25) is 4.79 Å². The Morgan fingerprint density at radius 2 is 2.11 bits per heavy atom. The van der Waals surface area contributed by atoms with Crippen LogP contribution in [-0.2, 0) is 14.3 Å². The van der Waals surface area contributed by atoms with Crippen LogP contribution >= 0.6 is 0 Å². The van der Waals surface area contributed by atoms with E-state index < -0.39 is 29.2 Å².